The van der Waals surface area contributed by atoms with Crippen LogP contribution in [0.2, 0.25) is 0 Å². The predicted molar refractivity (Wildman–Crippen MR) is 52.6 cm³/mol. The lowest BCUT2D eigenvalue weighted by atomic mass is 9.98. The lowest BCUT2D eigenvalue weighted by molar-refractivity contribution is -0.147. The fourth-order valence-electron chi connectivity index (χ4n) is 1.81. The summed E-state index contributed by atoms with van der Waals surface area (Å²) in [6.07, 6.45) is 1.94. The van der Waals surface area contributed by atoms with Crippen molar-refractivity contribution >= 4 is 5.97 Å². The van der Waals surface area contributed by atoms with Crippen LogP contribution in [0.15, 0.2) is 0 Å². The van der Waals surface area contributed by atoms with Crippen LogP contribution in [-0.2, 0) is 9.53 Å². The normalized spacial score (nSPS) is 22.7. The zero-order valence-electron chi connectivity index (χ0n) is 8.53. The average Bonchev–Trinajstić information content (AvgIpc) is 2.25. The SMILES string of the molecule is [C-]#[N+]CCN1CCCC(C(=O)OC)C1. The van der Waals surface area contributed by atoms with Gasteiger partial charge in [0.2, 0.25) is 6.54 Å². The van der Waals surface area contributed by atoms with Crippen molar-refractivity contribution in [2.45, 2.75) is 12.8 Å². The Labute approximate surface area is 84.7 Å². The van der Waals surface area contributed by atoms with E-state index in [-0.39, 0.29) is 11.9 Å². The third-order valence-corrected chi connectivity index (χ3v) is 2.57. The first kappa shape index (κ1) is 11.0. The second-order valence-electron chi connectivity index (χ2n) is 3.54. The Morgan fingerprint density at radius 2 is 2.50 bits per heavy atom. The standard InChI is InChI=1S/C10H16N2O2/c1-11-5-7-12-6-3-4-9(8-12)10(13)14-2/h9H,3-8H2,2H3. The van der Waals surface area contributed by atoms with E-state index < -0.39 is 0 Å². The Hall–Kier alpha value is -1.08. The van der Waals surface area contributed by atoms with Gasteiger partial charge in [-0.3, -0.25) is 9.69 Å². The van der Waals surface area contributed by atoms with Gasteiger partial charge in [0, 0.05) is 6.54 Å². The van der Waals surface area contributed by atoms with Crippen molar-refractivity contribution < 1.29 is 9.53 Å². The molecule has 0 spiro atoms. The van der Waals surface area contributed by atoms with E-state index in [1.165, 1.54) is 7.11 Å². The number of rotatable bonds is 3. The van der Waals surface area contributed by atoms with Crippen molar-refractivity contribution in [2.75, 3.05) is 33.3 Å². The molecule has 0 radical (unpaired) electrons. The first-order valence-corrected chi connectivity index (χ1v) is 4.91. The fourth-order valence-corrected chi connectivity index (χ4v) is 1.81. The molecule has 0 aliphatic carbocycles. The minimum atomic E-state index is -0.113. The van der Waals surface area contributed by atoms with Gasteiger partial charge in [0.25, 0.3) is 0 Å². The van der Waals surface area contributed by atoms with Gasteiger partial charge >= 0.3 is 5.97 Å². The van der Waals surface area contributed by atoms with Gasteiger partial charge in [-0.2, -0.15) is 0 Å². The van der Waals surface area contributed by atoms with Crippen LogP contribution in [0.3, 0.4) is 0 Å². The minimum absolute atomic E-state index is 0.0134. The number of likely N-dealkylation sites (tertiary alicyclic amines) is 1. The van der Waals surface area contributed by atoms with E-state index in [2.05, 4.69) is 9.74 Å². The van der Waals surface area contributed by atoms with Gasteiger partial charge in [0.05, 0.1) is 19.6 Å². The molecule has 0 saturated carbocycles. The fraction of sp³-hybridized carbons (Fsp3) is 0.800. The number of nitrogens with zero attached hydrogens (tertiary/aromatic N) is 2. The van der Waals surface area contributed by atoms with E-state index in [0.29, 0.717) is 6.54 Å². The molecule has 1 fully saturated rings. The molecule has 78 valence electrons. The first-order valence-electron chi connectivity index (χ1n) is 4.91. The lowest BCUT2D eigenvalue weighted by Crippen LogP contribution is -2.40. The van der Waals surface area contributed by atoms with Crippen LogP contribution in [0.4, 0.5) is 0 Å². The summed E-state index contributed by atoms with van der Waals surface area (Å²) in [5.74, 6) is -0.100. The number of carbonyl (C=O) groups excluding carboxylic acids is 1. The number of hydrogen-bond acceptors (Lipinski definition) is 3. The van der Waals surface area contributed by atoms with Crippen LogP contribution in [0, 0.1) is 12.5 Å². The third-order valence-electron chi connectivity index (χ3n) is 2.57. The van der Waals surface area contributed by atoms with Crippen LogP contribution in [0.1, 0.15) is 12.8 Å². The molecule has 1 rings (SSSR count). The van der Waals surface area contributed by atoms with Crippen molar-refractivity contribution in [1.82, 2.24) is 4.90 Å². The molecular formula is C10H16N2O2. The molecule has 0 aromatic carbocycles. The highest BCUT2D eigenvalue weighted by Crippen LogP contribution is 2.17. The Kier molecular flexibility index (Phi) is 4.41. The van der Waals surface area contributed by atoms with E-state index in [1.807, 2.05) is 0 Å². The number of hydrogen-bond donors (Lipinski definition) is 0. The maximum absolute atomic E-state index is 11.3. The molecule has 1 saturated heterocycles. The highest BCUT2D eigenvalue weighted by molar-refractivity contribution is 5.72. The summed E-state index contributed by atoms with van der Waals surface area (Å²) in [6, 6.07) is 0. The third kappa shape index (κ3) is 3.00. The lowest BCUT2D eigenvalue weighted by Gasteiger charge is -2.29. The molecule has 1 heterocycles. The largest absolute Gasteiger partial charge is 0.469 e. The number of piperidine rings is 1. The van der Waals surface area contributed by atoms with Crippen LogP contribution < -0.4 is 0 Å². The van der Waals surface area contributed by atoms with E-state index in [0.717, 1.165) is 32.5 Å². The molecule has 0 aromatic rings. The molecule has 0 N–H and O–H groups in total. The molecule has 1 aliphatic heterocycles. The summed E-state index contributed by atoms with van der Waals surface area (Å²) >= 11 is 0. The molecule has 0 bridgehead atoms. The van der Waals surface area contributed by atoms with Crippen LogP contribution >= 0.6 is 0 Å². The monoisotopic (exact) mass is 196 g/mol. The van der Waals surface area contributed by atoms with Crippen molar-refractivity contribution in [3.63, 3.8) is 0 Å². The van der Waals surface area contributed by atoms with E-state index in [1.54, 1.807) is 0 Å². The van der Waals surface area contributed by atoms with Crippen molar-refractivity contribution in [3.05, 3.63) is 11.4 Å². The topological polar surface area (TPSA) is 33.9 Å². The van der Waals surface area contributed by atoms with Gasteiger partial charge < -0.3 is 9.58 Å². The Balaban J connectivity index is 2.36. The van der Waals surface area contributed by atoms with Crippen LogP contribution in [-0.4, -0.2) is 44.2 Å². The van der Waals surface area contributed by atoms with Crippen LogP contribution in [0.5, 0.6) is 0 Å². The highest BCUT2D eigenvalue weighted by atomic mass is 16.5. The Morgan fingerprint density at radius 3 is 3.14 bits per heavy atom. The molecule has 4 heteroatoms. The van der Waals surface area contributed by atoms with Gasteiger partial charge in [0.1, 0.15) is 0 Å². The highest BCUT2D eigenvalue weighted by Gasteiger charge is 2.26. The molecular weight excluding hydrogens is 180 g/mol. The van der Waals surface area contributed by atoms with Gasteiger partial charge in [-0.15, -0.1) is 0 Å². The van der Waals surface area contributed by atoms with E-state index >= 15 is 0 Å². The van der Waals surface area contributed by atoms with Crippen molar-refractivity contribution in [2.24, 2.45) is 5.92 Å². The quantitative estimate of drug-likeness (QED) is 0.494. The Morgan fingerprint density at radius 1 is 1.71 bits per heavy atom. The molecule has 0 amide bonds. The summed E-state index contributed by atoms with van der Waals surface area (Å²) in [6.45, 7) is 9.75. The summed E-state index contributed by atoms with van der Waals surface area (Å²) in [4.78, 5) is 16.8. The zero-order chi connectivity index (χ0) is 10.4. The number of esters is 1. The van der Waals surface area contributed by atoms with Gasteiger partial charge in [0.15, 0.2) is 0 Å². The smallest absolute Gasteiger partial charge is 0.309 e. The predicted octanol–water partition coefficient (Wildman–Crippen LogP) is 0.791. The summed E-state index contributed by atoms with van der Waals surface area (Å²) in [5.41, 5.74) is 0. The molecule has 1 atom stereocenters. The summed E-state index contributed by atoms with van der Waals surface area (Å²) < 4.78 is 4.72. The van der Waals surface area contributed by atoms with Gasteiger partial charge in [-0.1, -0.05) is 0 Å². The van der Waals surface area contributed by atoms with Gasteiger partial charge in [-0.05, 0) is 19.4 Å². The average molecular weight is 196 g/mol. The van der Waals surface area contributed by atoms with E-state index in [4.69, 9.17) is 11.3 Å². The second kappa shape index (κ2) is 5.61. The van der Waals surface area contributed by atoms with Gasteiger partial charge in [-0.25, -0.2) is 6.57 Å². The van der Waals surface area contributed by atoms with E-state index in [9.17, 15) is 4.79 Å². The van der Waals surface area contributed by atoms with Crippen molar-refractivity contribution in [3.8, 4) is 0 Å². The molecule has 1 unspecified atom stereocenters. The molecule has 1 aliphatic rings. The van der Waals surface area contributed by atoms with Crippen LogP contribution in [0.25, 0.3) is 4.85 Å². The summed E-state index contributed by atoms with van der Waals surface area (Å²) in [7, 11) is 1.43. The summed E-state index contributed by atoms with van der Waals surface area (Å²) in [5, 5.41) is 0. The Bertz CT molecular complexity index is 235. The molecule has 14 heavy (non-hydrogen) atoms. The molecule has 0 aromatic heterocycles. The number of carbonyl (C=O) groups is 1. The van der Waals surface area contributed by atoms with Crippen molar-refractivity contribution in [1.29, 1.82) is 0 Å². The number of ether oxygens (including phenoxy) is 1. The maximum atomic E-state index is 11.3. The zero-order valence-corrected chi connectivity index (χ0v) is 8.53. The second-order valence-corrected chi connectivity index (χ2v) is 3.54. The molecule has 4 nitrogen and oxygen atoms in total. The maximum Gasteiger partial charge on any atom is 0.309 e. The number of methoxy groups -OCH3 is 1. The first-order chi connectivity index (χ1) is 6.77. The minimum Gasteiger partial charge on any atom is -0.469 e.